The van der Waals surface area contributed by atoms with Crippen LogP contribution in [0.3, 0.4) is 0 Å². The van der Waals surface area contributed by atoms with Gasteiger partial charge in [0.2, 0.25) is 0 Å². The number of thiazole rings is 1. The molecule has 18 heavy (non-hydrogen) atoms. The molecule has 0 aliphatic carbocycles. The summed E-state index contributed by atoms with van der Waals surface area (Å²) < 4.78 is 52.1. The molecule has 0 aliphatic rings. The molecule has 1 aromatic carbocycles. The summed E-state index contributed by atoms with van der Waals surface area (Å²) in [6.07, 6.45) is 0. The van der Waals surface area contributed by atoms with Crippen LogP contribution < -0.4 is 4.72 Å². The van der Waals surface area contributed by atoms with Gasteiger partial charge in [0, 0.05) is 5.38 Å². The van der Waals surface area contributed by atoms with Crippen LogP contribution in [0, 0.1) is 18.6 Å². The average Bonchev–Trinajstić information content (AvgIpc) is 2.67. The first-order chi connectivity index (χ1) is 8.40. The van der Waals surface area contributed by atoms with E-state index in [9.17, 15) is 17.2 Å². The number of aryl methyl sites for hydroxylation is 1. The Bertz CT molecular complexity index is 683. The van der Waals surface area contributed by atoms with E-state index in [-0.39, 0.29) is 5.13 Å². The van der Waals surface area contributed by atoms with Gasteiger partial charge in [-0.1, -0.05) is 6.07 Å². The fraction of sp³-hybridized carbons (Fsp3) is 0.100. The second-order valence-corrected chi connectivity index (χ2v) is 5.96. The van der Waals surface area contributed by atoms with Crippen molar-refractivity contribution >= 4 is 26.5 Å². The molecule has 96 valence electrons. The van der Waals surface area contributed by atoms with Crippen LogP contribution in [0.25, 0.3) is 0 Å². The zero-order chi connectivity index (χ0) is 13.3. The zero-order valence-corrected chi connectivity index (χ0v) is 10.8. The monoisotopic (exact) mass is 290 g/mol. The Morgan fingerprint density at radius 2 is 2.06 bits per heavy atom. The number of anilines is 1. The van der Waals surface area contributed by atoms with Crippen molar-refractivity contribution in [3.05, 3.63) is 40.9 Å². The van der Waals surface area contributed by atoms with Crippen molar-refractivity contribution in [2.45, 2.75) is 11.8 Å². The van der Waals surface area contributed by atoms with E-state index in [1.54, 1.807) is 12.3 Å². The van der Waals surface area contributed by atoms with Gasteiger partial charge in [-0.25, -0.2) is 22.2 Å². The molecular formula is C10H8F2N2O2S2. The van der Waals surface area contributed by atoms with Crippen LogP contribution in [0.2, 0.25) is 0 Å². The van der Waals surface area contributed by atoms with E-state index in [1.165, 1.54) is 0 Å². The van der Waals surface area contributed by atoms with Gasteiger partial charge in [0.25, 0.3) is 10.0 Å². The third kappa shape index (κ3) is 2.49. The van der Waals surface area contributed by atoms with Gasteiger partial charge in [0.1, 0.15) is 4.90 Å². The van der Waals surface area contributed by atoms with Gasteiger partial charge in [-0.05, 0) is 19.1 Å². The first-order valence-corrected chi connectivity index (χ1v) is 7.15. The fourth-order valence-electron chi connectivity index (χ4n) is 1.26. The number of rotatable bonds is 3. The van der Waals surface area contributed by atoms with Crippen LogP contribution >= 0.6 is 11.3 Å². The highest BCUT2D eigenvalue weighted by Gasteiger charge is 2.22. The van der Waals surface area contributed by atoms with Crippen molar-refractivity contribution in [3.8, 4) is 0 Å². The predicted octanol–water partition coefficient (Wildman–Crippen LogP) is 2.53. The Hall–Kier alpha value is -1.54. The Balaban J connectivity index is 2.40. The lowest BCUT2D eigenvalue weighted by Gasteiger charge is -2.06. The molecule has 0 radical (unpaired) electrons. The minimum absolute atomic E-state index is 0.108. The van der Waals surface area contributed by atoms with Crippen molar-refractivity contribution < 1.29 is 17.2 Å². The summed E-state index contributed by atoms with van der Waals surface area (Å²) in [6.45, 7) is 1.69. The summed E-state index contributed by atoms with van der Waals surface area (Å²) in [5.74, 6) is -2.62. The highest BCUT2D eigenvalue weighted by Crippen LogP contribution is 2.22. The number of halogens is 2. The zero-order valence-electron chi connectivity index (χ0n) is 9.15. The molecule has 0 bridgehead atoms. The lowest BCUT2D eigenvalue weighted by Crippen LogP contribution is -2.15. The van der Waals surface area contributed by atoms with Crippen LogP contribution in [0.5, 0.6) is 0 Å². The van der Waals surface area contributed by atoms with Crippen molar-refractivity contribution in [1.29, 1.82) is 0 Å². The van der Waals surface area contributed by atoms with Crippen LogP contribution in [-0.4, -0.2) is 13.4 Å². The Morgan fingerprint density at radius 3 is 2.67 bits per heavy atom. The molecule has 1 aromatic heterocycles. The van der Waals surface area contributed by atoms with Gasteiger partial charge in [-0.3, -0.25) is 4.72 Å². The number of sulfonamides is 1. The number of nitrogens with one attached hydrogen (secondary N) is 1. The van der Waals surface area contributed by atoms with Gasteiger partial charge in [0.05, 0.1) is 5.69 Å². The maximum absolute atomic E-state index is 13.4. The van der Waals surface area contributed by atoms with E-state index >= 15 is 0 Å². The number of hydrogen-bond donors (Lipinski definition) is 1. The minimum atomic E-state index is -4.17. The molecular weight excluding hydrogens is 282 g/mol. The van der Waals surface area contributed by atoms with E-state index in [1.807, 2.05) is 0 Å². The van der Waals surface area contributed by atoms with E-state index < -0.39 is 26.6 Å². The topological polar surface area (TPSA) is 59.1 Å². The second kappa shape index (κ2) is 4.62. The van der Waals surface area contributed by atoms with Crippen LogP contribution in [0.1, 0.15) is 5.69 Å². The maximum atomic E-state index is 13.4. The average molecular weight is 290 g/mol. The predicted molar refractivity (Wildman–Crippen MR) is 64.0 cm³/mol. The third-order valence-electron chi connectivity index (χ3n) is 2.05. The Kier molecular flexibility index (Phi) is 3.31. The number of aromatic nitrogens is 1. The first kappa shape index (κ1) is 12.9. The highest BCUT2D eigenvalue weighted by molar-refractivity contribution is 7.93. The van der Waals surface area contributed by atoms with Gasteiger partial charge < -0.3 is 0 Å². The largest absolute Gasteiger partial charge is 0.266 e. The summed E-state index contributed by atoms with van der Waals surface area (Å²) in [5, 5.41) is 1.75. The van der Waals surface area contributed by atoms with E-state index in [0.717, 1.165) is 29.5 Å². The Morgan fingerprint density at radius 1 is 1.33 bits per heavy atom. The SMILES string of the molecule is Cc1csc(NS(=O)(=O)c2cccc(F)c2F)n1. The highest BCUT2D eigenvalue weighted by atomic mass is 32.2. The smallest absolute Gasteiger partial charge is 0.255 e. The lowest BCUT2D eigenvalue weighted by atomic mass is 10.3. The molecule has 0 saturated heterocycles. The molecule has 0 atom stereocenters. The van der Waals surface area contributed by atoms with Gasteiger partial charge in [-0.15, -0.1) is 11.3 Å². The molecule has 0 aliphatic heterocycles. The Labute approximate surface area is 106 Å². The summed E-state index contributed by atoms with van der Waals surface area (Å²) in [7, 11) is -4.17. The summed E-state index contributed by atoms with van der Waals surface area (Å²) in [4.78, 5) is 3.15. The minimum Gasteiger partial charge on any atom is -0.255 e. The second-order valence-electron chi connectivity index (χ2n) is 3.45. The molecule has 2 aromatic rings. The fourth-order valence-corrected chi connectivity index (χ4v) is 3.29. The van der Waals surface area contributed by atoms with Gasteiger partial charge in [0.15, 0.2) is 16.8 Å². The maximum Gasteiger partial charge on any atom is 0.266 e. The van der Waals surface area contributed by atoms with Crippen LogP contribution in [0.15, 0.2) is 28.5 Å². The molecule has 0 saturated carbocycles. The van der Waals surface area contributed by atoms with Crippen LogP contribution in [-0.2, 0) is 10.0 Å². The molecule has 8 heteroatoms. The van der Waals surface area contributed by atoms with Crippen molar-refractivity contribution in [3.63, 3.8) is 0 Å². The molecule has 0 fully saturated rings. The number of nitrogens with zero attached hydrogens (tertiary/aromatic N) is 1. The molecule has 0 spiro atoms. The summed E-state index contributed by atoms with van der Waals surface area (Å²) >= 11 is 1.06. The third-order valence-corrected chi connectivity index (χ3v) is 4.41. The van der Waals surface area contributed by atoms with E-state index in [2.05, 4.69) is 9.71 Å². The molecule has 0 amide bonds. The van der Waals surface area contributed by atoms with Crippen molar-refractivity contribution in [2.24, 2.45) is 0 Å². The standard InChI is InChI=1S/C10H8F2N2O2S2/c1-6-5-17-10(13-6)14-18(15,16)8-4-2-3-7(11)9(8)12/h2-5H,1H3,(H,13,14). The number of benzene rings is 1. The van der Waals surface area contributed by atoms with Crippen molar-refractivity contribution in [2.75, 3.05) is 4.72 Å². The molecule has 2 rings (SSSR count). The number of hydrogen-bond acceptors (Lipinski definition) is 4. The van der Waals surface area contributed by atoms with Gasteiger partial charge in [-0.2, -0.15) is 0 Å². The summed E-state index contributed by atoms with van der Waals surface area (Å²) in [5.41, 5.74) is 0.636. The van der Waals surface area contributed by atoms with Gasteiger partial charge >= 0.3 is 0 Å². The van der Waals surface area contributed by atoms with E-state index in [0.29, 0.717) is 5.69 Å². The van der Waals surface area contributed by atoms with Crippen molar-refractivity contribution in [1.82, 2.24) is 4.98 Å². The quantitative estimate of drug-likeness (QED) is 0.945. The molecule has 1 heterocycles. The molecule has 0 unspecified atom stereocenters. The normalized spacial score (nSPS) is 11.5. The first-order valence-electron chi connectivity index (χ1n) is 4.79. The van der Waals surface area contributed by atoms with Crippen LogP contribution in [0.4, 0.5) is 13.9 Å². The summed E-state index contributed by atoms with van der Waals surface area (Å²) in [6, 6.07) is 2.96. The lowest BCUT2D eigenvalue weighted by molar-refractivity contribution is 0.485. The molecule has 4 nitrogen and oxygen atoms in total. The van der Waals surface area contributed by atoms with E-state index in [4.69, 9.17) is 0 Å². The molecule has 1 N–H and O–H groups in total.